The Bertz CT molecular complexity index is 507. The van der Waals surface area contributed by atoms with E-state index in [-0.39, 0.29) is 11.9 Å². The van der Waals surface area contributed by atoms with Crippen molar-refractivity contribution in [3.63, 3.8) is 0 Å². The van der Waals surface area contributed by atoms with Gasteiger partial charge in [0.05, 0.1) is 6.04 Å². The second kappa shape index (κ2) is 9.06. The molecule has 4 nitrogen and oxygen atoms in total. The minimum atomic E-state index is -0.611. The SMILES string of the molecule is CS(C)=O.Cc1cccc(C)c1NC(=O)C1CCCCN1C. The molecule has 1 unspecified atom stereocenters. The molecular formula is C17H28N2O2S. The van der Waals surface area contributed by atoms with Gasteiger partial charge >= 0.3 is 0 Å². The predicted molar refractivity (Wildman–Crippen MR) is 94.8 cm³/mol. The monoisotopic (exact) mass is 324 g/mol. The molecule has 1 fully saturated rings. The van der Waals surface area contributed by atoms with Gasteiger partial charge < -0.3 is 5.32 Å². The smallest absolute Gasteiger partial charge is 0.241 e. The first-order valence-corrected chi connectivity index (χ1v) is 9.62. The first-order valence-electron chi connectivity index (χ1n) is 7.65. The Balaban J connectivity index is 0.000000541. The van der Waals surface area contributed by atoms with Crippen molar-refractivity contribution in [3.8, 4) is 0 Å². The molecule has 1 aromatic rings. The van der Waals surface area contributed by atoms with Crippen molar-refractivity contribution in [2.24, 2.45) is 0 Å². The summed E-state index contributed by atoms with van der Waals surface area (Å²) < 4.78 is 9.56. The van der Waals surface area contributed by atoms with Crippen LogP contribution < -0.4 is 5.32 Å². The molecule has 1 saturated heterocycles. The number of hydrogen-bond acceptors (Lipinski definition) is 3. The number of nitrogens with zero attached hydrogens (tertiary/aromatic N) is 1. The minimum Gasteiger partial charge on any atom is -0.324 e. The number of hydrogen-bond donors (Lipinski definition) is 1. The van der Waals surface area contributed by atoms with Crippen LogP contribution in [0.1, 0.15) is 30.4 Å². The number of anilines is 1. The summed E-state index contributed by atoms with van der Waals surface area (Å²) in [6, 6.07) is 6.12. The molecule has 1 heterocycles. The van der Waals surface area contributed by atoms with Crippen LogP contribution in [0.4, 0.5) is 5.69 Å². The Labute approximate surface area is 136 Å². The molecule has 0 bridgehead atoms. The molecule has 1 N–H and O–H groups in total. The summed E-state index contributed by atoms with van der Waals surface area (Å²) >= 11 is 0. The van der Waals surface area contributed by atoms with Crippen molar-refractivity contribution in [1.82, 2.24) is 4.90 Å². The second-order valence-electron chi connectivity index (χ2n) is 5.99. The fourth-order valence-corrected chi connectivity index (χ4v) is 2.62. The zero-order valence-electron chi connectivity index (χ0n) is 14.3. The summed E-state index contributed by atoms with van der Waals surface area (Å²) in [7, 11) is 1.42. The number of piperidine rings is 1. The molecule has 2 rings (SSSR count). The molecule has 0 saturated carbocycles. The van der Waals surface area contributed by atoms with Gasteiger partial charge in [0.2, 0.25) is 5.91 Å². The lowest BCUT2D eigenvalue weighted by Crippen LogP contribution is -2.44. The Kier molecular flexibility index (Phi) is 7.76. The summed E-state index contributed by atoms with van der Waals surface area (Å²) in [5.41, 5.74) is 3.23. The molecule has 1 aromatic carbocycles. The first kappa shape index (κ1) is 18.8. The third kappa shape index (κ3) is 5.89. The van der Waals surface area contributed by atoms with E-state index in [2.05, 4.69) is 10.2 Å². The molecule has 124 valence electrons. The van der Waals surface area contributed by atoms with Crippen LogP contribution in [0.5, 0.6) is 0 Å². The van der Waals surface area contributed by atoms with E-state index in [1.807, 2.05) is 39.1 Å². The third-order valence-corrected chi connectivity index (χ3v) is 3.80. The maximum Gasteiger partial charge on any atom is 0.241 e. The normalized spacial score (nSPS) is 18.5. The molecule has 5 heteroatoms. The summed E-state index contributed by atoms with van der Waals surface area (Å²) in [4.78, 5) is 14.5. The van der Waals surface area contributed by atoms with Crippen molar-refractivity contribution < 1.29 is 9.00 Å². The van der Waals surface area contributed by atoms with E-state index in [1.165, 1.54) is 6.42 Å². The van der Waals surface area contributed by atoms with Crippen molar-refractivity contribution in [1.29, 1.82) is 0 Å². The number of likely N-dealkylation sites (tertiary alicyclic amines) is 1. The molecule has 1 aliphatic heterocycles. The quantitative estimate of drug-likeness (QED) is 0.910. The van der Waals surface area contributed by atoms with Crippen molar-refractivity contribution >= 4 is 22.4 Å². The van der Waals surface area contributed by atoms with E-state index >= 15 is 0 Å². The van der Waals surface area contributed by atoms with Crippen LogP contribution in [-0.4, -0.2) is 47.2 Å². The average Bonchev–Trinajstić information content (AvgIpc) is 2.43. The van der Waals surface area contributed by atoms with E-state index in [0.29, 0.717) is 0 Å². The molecule has 0 aliphatic carbocycles. The highest BCUT2D eigenvalue weighted by atomic mass is 32.2. The topological polar surface area (TPSA) is 49.4 Å². The molecule has 0 aromatic heterocycles. The lowest BCUT2D eigenvalue weighted by atomic mass is 10.0. The number of carbonyl (C=O) groups excluding carboxylic acids is 1. The molecule has 1 atom stereocenters. The standard InChI is InChI=1S/C15H22N2O.C2H6OS/c1-11-7-6-8-12(2)14(11)16-15(18)13-9-4-5-10-17(13)3;1-4(2)3/h6-8,13H,4-5,9-10H2,1-3H3,(H,16,18);1-2H3. The summed E-state index contributed by atoms with van der Waals surface area (Å²) in [6.45, 7) is 5.09. The summed E-state index contributed by atoms with van der Waals surface area (Å²) in [5, 5.41) is 3.10. The van der Waals surface area contributed by atoms with E-state index in [9.17, 15) is 9.00 Å². The summed E-state index contributed by atoms with van der Waals surface area (Å²) in [6.07, 6.45) is 6.59. The largest absolute Gasteiger partial charge is 0.324 e. The Morgan fingerprint density at radius 1 is 1.23 bits per heavy atom. The van der Waals surface area contributed by atoms with Gasteiger partial charge in [-0.3, -0.25) is 13.9 Å². The van der Waals surface area contributed by atoms with Gasteiger partial charge in [0, 0.05) is 29.0 Å². The number of benzene rings is 1. The van der Waals surface area contributed by atoms with Crippen LogP contribution in [0.25, 0.3) is 0 Å². The van der Waals surface area contributed by atoms with Crippen LogP contribution in [0, 0.1) is 13.8 Å². The Morgan fingerprint density at radius 3 is 2.27 bits per heavy atom. The minimum absolute atomic E-state index is 0.0257. The fraction of sp³-hybridized carbons (Fsp3) is 0.588. The third-order valence-electron chi connectivity index (χ3n) is 3.80. The zero-order valence-corrected chi connectivity index (χ0v) is 15.1. The molecule has 22 heavy (non-hydrogen) atoms. The number of likely N-dealkylation sites (N-methyl/N-ethyl adjacent to an activating group) is 1. The number of nitrogens with one attached hydrogen (secondary N) is 1. The van der Waals surface area contributed by atoms with Gasteiger partial charge in [-0.15, -0.1) is 0 Å². The number of amides is 1. The predicted octanol–water partition coefficient (Wildman–Crippen LogP) is 2.72. The van der Waals surface area contributed by atoms with Crippen molar-refractivity contribution in [2.75, 3.05) is 31.4 Å². The highest BCUT2D eigenvalue weighted by Crippen LogP contribution is 2.22. The maximum absolute atomic E-state index is 12.3. The molecule has 1 amide bonds. The van der Waals surface area contributed by atoms with Crippen LogP contribution >= 0.6 is 0 Å². The van der Waals surface area contributed by atoms with Gasteiger partial charge in [0.25, 0.3) is 0 Å². The van der Waals surface area contributed by atoms with E-state index in [4.69, 9.17) is 0 Å². The van der Waals surface area contributed by atoms with Crippen LogP contribution in [0.2, 0.25) is 0 Å². The van der Waals surface area contributed by atoms with Crippen LogP contribution in [0.3, 0.4) is 0 Å². The van der Waals surface area contributed by atoms with E-state index < -0.39 is 10.8 Å². The molecule has 0 radical (unpaired) electrons. The van der Waals surface area contributed by atoms with Gasteiger partial charge in [0.15, 0.2) is 0 Å². The average molecular weight is 324 g/mol. The lowest BCUT2D eigenvalue weighted by Gasteiger charge is -2.31. The van der Waals surface area contributed by atoms with Gasteiger partial charge in [-0.2, -0.15) is 0 Å². The molecule has 0 spiro atoms. The van der Waals surface area contributed by atoms with E-state index in [1.54, 1.807) is 12.5 Å². The maximum atomic E-state index is 12.3. The Morgan fingerprint density at radius 2 is 1.77 bits per heavy atom. The van der Waals surface area contributed by atoms with Gasteiger partial charge in [0.1, 0.15) is 0 Å². The first-order chi connectivity index (χ1) is 10.3. The van der Waals surface area contributed by atoms with Gasteiger partial charge in [-0.25, -0.2) is 0 Å². The van der Waals surface area contributed by atoms with Crippen molar-refractivity contribution in [3.05, 3.63) is 29.3 Å². The fourth-order valence-electron chi connectivity index (χ4n) is 2.62. The van der Waals surface area contributed by atoms with Gasteiger partial charge in [-0.05, 0) is 51.4 Å². The zero-order chi connectivity index (χ0) is 16.7. The molecular weight excluding hydrogens is 296 g/mol. The summed E-state index contributed by atoms with van der Waals surface area (Å²) in [5.74, 6) is 0.134. The Hall–Kier alpha value is -1.20. The molecule has 1 aliphatic rings. The highest BCUT2D eigenvalue weighted by molar-refractivity contribution is 7.83. The van der Waals surface area contributed by atoms with E-state index in [0.717, 1.165) is 36.2 Å². The number of aryl methyl sites for hydroxylation is 2. The van der Waals surface area contributed by atoms with Crippen LogP contribution in [-0.2, 0) is 15.6 Å². The number of para-hydroxylation sites is 1. The number of carbonyl (C=O) groups is 1. The lowest BCUT2D eigenvalue weighted by molar-refractivity contribution is -0.121. The second-order valence-corrected chi connectivity index (χ2v) is 7.47. The van der Waals surface area contributed by atoms with Gasteiger partial charge in [-0.1, -0.05) is 24.6 Å². The van der Waals surface area contributed by atoms with Crippen molar-refractivity contribution in [2.45, 2.75) is 39.2 Å². The highest BCUT2D eigenvalue weighted by Gasteiger charge is 2.26. The number of rotatable bonds is 2. The van der Waals surface area contributed by atoms with Crippen LogP contribution in [0.15, 0.2) is 18.2 Å².